The summed E-state index contributed by atoms with van der Waals surface area (Å²) in [5.74, 6) is -0.262. The van der Waals surface area contributed by atoms with E-state index in [4.69, 9.17) is 4.78 Å². The molecular formula is C13H16F3N7O3S. The fourth-order valence-electron chi connectivity index (χ4n) is 1.93. The lowest BCUT2D eigenvalue weighted by atomic mass is 10.2. The third-order valence-electron chi connectivity index (χ3n) is 3.06. The number of anilines is 2. The van der Waals surface area contributed by atoms with Gasteiger partial charge in [0.25, 0.3) is 0 Å². The fourth-order valence-corrected chi connectivity index (χ4v) is 2.42. The van der Waals surface area contributed by atoms with Crippen LogP contribution in [0.3, 0.4) is 0 Å². The molecule has 1 unspecified atom stereocenters. The van der Waals surface area contributed by atoms with E-state index in [0.717, 1.165) is 12.1 Å². The van der Waals surface area contributed by atoms with E-state index in [1.165, 1.54) is 18.4 Å². The molecule has 27 heavy (non-hydrogen) atoms. The highest BCUT2D eigenvalue weighted by atomic mass is 32.2. The minimum atomic E-state index is -4.53. The zero-order chi connectivity index (χ0) is 20.1. The van der Waals surface area contributed by atoms with Crippen LogP contribution in [0.25, 0.3) is 0 Å². The molecule has 1 atom stereocenters. The van der Waals surface area contributed by atoms with Crippen LogP contribution in [0.4, 0.5) is 24.7 Å². The minimum absolute atomic E-state index is 0.00756. The molecule has 14 heteroatoms. The number of hydrogen-bond acceptors (Lipinski definition) is 8. The normalized spacial score (nSPS) is 14.6. The number of alkyl halides is 3. The molecule has 1 aromatic heterocycles. The van der Waals surface area contributed by atoms with Crippen molar-refractivity contribution in [2.24, 2.45) is 5.16 Å². The maximum Gasteiger partial charge on any atom is 0.416 e. The molecule has 0 aliphatic heterocycles. The van der Waals surface area contributed by atoms with Crippen molar-refractivity contribution in [2.75, 3.05) is 30.0 Å². The van der Waals surface area contributed by atoms with Gasteiger partial charge in [0, 0.05) is 25.0 Å². The number of amidine groups is 1. The van der Waals surface area contributed by atoms with Crippen molar-refractivity contribution in [3.8, 4) is 0 Å². The summed E-state index contributed by atoms with van der Waals surface area (Å²) in [6.07, 6.45) is -3.31. The van der Waals surface area contributed by atoms with Crippen LogP contribution in [0.1, 0.15) is 11.3 Å². The largest absolute Gasteiger partial charge is 0.416 e. The molecule has 0 spiro atoms. The number of benzene rings is 1. The molecule has 5 N–H and O–H groups in total. The van der Waals surface area contributed by atoms with Gasteiger partial charge in [-0.05, 0) is 28.5 Å². The highest BCUT2D eigenvalue weighted by molar-refractivity contribution is 7.89. The van der Waals surface area contributed by atoms with E-state index in [2.05, 4.69) is 35.5 Å². The Morgan fingerprint density at radius 3 is 2.74 bits per heavy atom. The molecule has 0 aliphatic carbocycles. The smallest absolute Gasteiger partial charge is 0.409 e. The number of aromatic nitrogens is 2. The Hall–Kier alpha value is -2.87. The number of hydrogen-bond donors (Lipinski definition) is 5. The van der Waals surface area contributed by atoms with Crippen LogP contribution >= 0.6 is 0 Å². The molecule has 2 aromatic rings. The summed E-state index contributed by atoms with van der Waals surface area (Å²) in [6, 6.07) is 4.27. The van der Waals surface area contributed by atoms with Gasteiger partial charge in [0.2, 0.25) is 11.7 Å². The Labute approximate surface area is 151 Å². The molecule has 0 amide bonds. The van der Waals surface area contributed by atoms with Crippen LogP contribution in [0.5, 0.6) is 0 Å². The van der Waals surface area contributed by atoms with Crippen molar-refractivity contribution in [2.45, 2.75) is 6.18 Å². The number of nitrogens with zero attached hydrogens (tertiary/aromatic N) is 3. The first-order valence-electron chi connectivity index (χ1n) is 7.31. The molecular weight excluding hydrogens is 391 g/mol. The van der Waals surface area contributed by atoms with Gasteiger partial charge in [0.05, 0.1) is 5.56 Å². The number of halogens is 3. The van der Waals surface area contributed by atoms with Gasteiger partial charge in [-0.2, -0.15) is 13.2 Å². The van der Waals surface area contributed by atoms with Crippen molar-refractivity contribution < 1.29 is 27.2 Å². The first-order chi connectivity index (χ1) is 12.6. The summed E-state index contributed by atoms with van der Waals surface area (Å²) in [5.41, 5.74) is -0.961. The molecule has 0 fully saturated rings. The third-order valence-corrected chi connectivity index (χ3v) is 3.82. The predicted octanol–water partition coefficient (Wildman–Crippen LogP) is 1.93. The van der Waals surface area contributed by atoms with Gasteiger partial charge >= 0.3 is 6.18 Å². The summed E-state index contributed by atoms with van der Waals surface area (Å²) in [5, 5.41) is 24.5. The van der Waals surface area contributed by atoms with E-state index in [0.29, 0.717) is 0 Å². The quantitative estimate of drug-likeness (QED) is 0.155. The average Bonchev–Trinajstić information content (AvgIpc) is 3.03. The summed E-state index contributed by atoms with van der Waals surface area (Å²) >= 11 is 0. The summed E-state index contributed by atoms with van der Waals surface area (Å²) in [6.45, 7) is 0.324. The molecule has 0 aliphatic rings. The molecule has 1 heterocycles. The minimum Gasteiger partial charge on any atom is -0.409 e. The Kier molecular flexibility index (Phi) is 6.22. The number of nitrogens with one attached hydrogen (secondary N) is 4. The Balaban J connectivity index is 2.10. The summed E-state index contributed by atoms with van der Waals surface area (Å²) in [4.78, 5) is 0. The molecule has 148 valence electrons. The number of oxime groups is 1. The third kappa shape index (κ3) is 6.10. The van der Waals surface area contributed by atoms with Crippen LogP contribution in [0, 0.1) is 4.78 Å². The Morgan fingerprint density at radius 1 is 1.37 bits per heavy atom. The van der Waals surface area contributed by atoms with E-state index in [1.54, 1.807) is 0 Å². The SMILES string of the molecule is CS(=N)(=O)NCCNc1nonc1/C(=N/O)Nc1cccc(C(F)(F)F)c1. The average molecular weight is 407 g/mol. The topological polar surface area (TPSA) is 149 Å². The summed E-state index contributed by atoms with van der Waals surface area (Å²) < 4.78 is 63.8. The molecule has 10 nitrogen and oxygen atoms in total. The van der Waals surface area contributed by atoms with Gasteiger partial charge in [-0.25, -0.2) is 18.3 Å². The molecule has 0 saturated heterocycles. The van der Waals surface area contributed by atoms with Crippen molar-refractivity contribution in [3.05, 3.63) is 35.5 Å². The van der Waals surface area contributed by atoms with Crippen LogP contribution < -0.4 is 15.4 Å². The van der Waals surface area contributed by atoms with Crippen molar-refractivity contribution >= 4 is 27.3 Å². The number of rotatable bonds is 7. The highest BCUT2D eigenvalue weighted by Crippen LogP contribution is 2.30. The van der Waals surface area contributed by atoms with E-state index < -0.39 is 21.7 Å². The molecule has 2 rings (SSSR count). The lowest BCUT2D eigenvalue weighted by Crippen LogP contribution is -2.27. The van der Waals surface area contributed by atoms with E-state index in [9.17, 15) is 22.6 Å². The van der Waals surface area contributed by atoms with Crippen molar-refractivity contribution in [1.82, 2.24) is 15.0 Å². The van der Waals surface area contributed by atoms with Crippen LogP contribution in [0.2, 0.25) is 0 Å². The predicted molar refractivity (Wildman–Crippen MR) is 91.0 cm³/mol. The van der Waals surface area contributed by atoms with Gasteiger partial charge < -0.3 is 15.8 Å². The van der Waals surface area contributed by atoms with Gasteiger partial charge in [0.15, 0.2) is 5.69 Å². The van der Waals surface area contributed by atoms with Crippen LogP contribution in [-0.4, -0.2) is 44.9 Å². The van der Waals surface area contributed by atoms with E-state index in [1.807, 2.05) is 0 Å². The van der Waals surface area contributed by atoms with E-state index >= 15 is 0 Å². The lowest BCUT2D eigenvalue weighted by Gasteiger charge is -2.11. The van der Waals surface area contributed by atoms with Crippen molar-refractivity contribution in [1.29, 1.82) is 4.78 Å². The maximum absolute atomic E-state index is 12.8. The fraction of sp³-hybridized carbons (Fsp3) is 0.308. The monoisotopic (exact) mass is 407 g/mol. The van der Waals surface area contributed by atoms with Crippen LogP contribution in [-0.2, 0) is 16.1 Å². The highest BCUT2D eigenvalue weighted by Gasteiger charge is 2.30. The lowest BCUT2D eigenvalue weighted by molar-refractivity contribution is -0.137. The molecule has 0 saturated carbocycles. The molecule has 0 radical (unpaired) electrons. The Morgan fingerprint density at radius 2 is 2.11 bits per heavy atom. The summed E-state index contributed by atoms with van der Waals surface area (Å²) in [7, 11) is -2.87. The standard InChI is InChI=1S/C13H16F3N7O3S/c1-27(17,25)19-6-5-18-11-10(22-26-23-11)12(21-24)20-9-4-2-3-8(7-9)13(14,15)16/h2-4,7,24H,5-6H2,1H3,(H,18,23)(H,20,21)(H2,17,19,25). The zero-order valence-corrected chi connectivity index (χ0v) is 14.7. The second-order valence-corrected chi connectivity index (χ2v) is 7.25. The van der Waals surface area contributed by atoms with Gasteiger partial charge in [-0.1, -0.05) is 11.2 Å². The van der Waals surface area contributed by atoms with E-state index in [-0.39, 0.29) is 36.1 Å². The van der Waals surface area contributed by atoms with Crippen molar-refractivity contribution in [3.63, 3.8) is 0 Å². The Bertz CT molecular complexity index is 912. The maximum atomic E-state index is 12.8. The van der Waals surface area contributed by atoms with Crippen LogP contribution in [0.15, 0.2) is 34.1 Å². The zero-order valence-electron chi connectivity index (χ0n) is 13.9. The second-order valence-electron chi connectivity index (χ2n) is 5.28. The van der Waals surface area contributed by atoms with Gasteiger partial charge in [-0.3, -0.25) is 0 Å². The van der Waals surface area contributed by atoms with Gasteiger partial charge in [0.1, 0.15) is 9.92 Å². The first-order valence-corrected chi connectivity index (χ1v) is 9.28. The first kappa shape index (κ1) is 20.4. The molecule has 0 bridgehead atoms. The molecule has 1 aromatic carbocycles. The second kappa shape index (κ2) is 8.22. The van der Waals surface area contributed by atoms with Gasteiger partial charge in [-0.15, -0.1) is 0 Å².